The highest BCUT2D eigenvalue weighted by molar-refractivity contribution is 9.11. The second-order valence-electron chi connectivity index (χ2n) is 4.04. The van der Waals surface area contributed by atoms with Crippen LogP contribution in [-0.2, 0) is 0 Å². The van der Waals surface area contributed by atoms with Gasteiger partial charge in [0, 0.05) is 16.0 Å². The van der Waals surface area contributed by atoms with Crippen molar-refractivity contribution in [1.82, 2.24) is 0 Å². The monoisotopic (exact) mass is 327 g/mol. The lowest BCUT2D eigenvalue weighted by atomic mass is 9.99. The van der Waals surface area contributed by atoms with E-state index in [2.05, 4.69) is 15.9 Å². The normalized spacial score (nSPS) is 10.7. The van der Waals surface area contributed by atoms with Crippen molar-refractivity contribution in [2.75, 3.05) is 5.73 Å². The van der Waals surface area contributed by atoms with Gasteiger partial charge in [-0.05, 0) is 53.5 Å². The number of nitrogens with two attached hydrogens (primary N) is 1. The van der Waals surface area contributed by atoms with Gasteiger partial charge >= 0.3 is 0 Å². The third-order valence-corrected chi connectivity index (χ3v) is 4.27. The van der Waals surface area contributed by atoms with Crippen LogP contribution in [0.25, 0.3) is 0 Å². The van der Waals surface area contributed by atoms with Gasteiger partial charge in [0.1, 0.15) is 5.82 Å². The van der Waals surface area contributed by atoms with Crippen molar-refractivity contribution in [2.24, 2.45) is 0 Å². The van der Waals surface area contributed by atoms with E-state index in [4.69, 9.17) is 5.73 Å². The van der Waals surface area contributed by atoms with Crippen LogP contribution in [0, 0.1) is 19.7 Å². The Bertz CT molecular complexity index is 636. The van der Waals surface area contributed by atoms with E-state index < -0.39 is 5.82 Å². The molecule has 0 atom stereocenters. The number of carbonyl (C=O) groups excluding carboxylic acids is 1. The Labute approximate surface area is 117 Å². The molecule has 1 heterocycles. The number of carbonyl (C=O) groups is 1. The molecule has 2 aromatic rings. The van der Waals surface area contributed by atoms with E-state index >= 15 is 0 Å². The number of hydrogen-bond donors (Lipinski definition) is 1. The van der Waals surface area contributed by atoms with Gasteiger partial charge in [0.25, 0.3) is 0 Å². The first-order valence-corrected chi connectivity index (χ1v) is 6.87. The second kappa shape index (κ2) is 4.82. The molecule has 0 radical (unpaired) electrons. The van der Waals surface area contributed by atoms with Crippen molar-refractivity contribution in [3.63, 3.8) is 0 Å². The minimum Gasteiger partial charge on any atom is -0.396 e. The molecule has 1 aromatic heterocycles. The van der Waals surface area contributed by atoms with E-state index in [1.807, 2.05) is 6.92 Å². The lowest BCUT2D eigenvalue weighted by molar-refractivity contribution is 0.103. The Hall–Kier alpha value is -1.20. The first-order chi connectivity index (χ1) is 8.40. The van der Waals surface area contributed by atoms with Crippen LogP contribution in [0.5, 0.6) is 0 Å². The molecule has 0 aliphatic rings. The van der Waals surface area contributed by atoms with Crippen molar-refractivity contribution in [2.45, 2.75) is 13.8 Å². The Kier molecular flexibility index (Phi) is 3.54. The fraction of sp³-hybridized carbons (Fsp3) is 0.154. The van der Waals surface area contributed by atoms with Crippen molar-refractivity contribution < 1.29 is 9.18 Å². The Morgan fingerprint density at radius 2 is 1.94 bits per heavy atom. The zero-order valence-corrected chi connectivity index (χ0v) is 12.3. The van der Waals surface area contributed by atoms with Crippen LogP contribution in [-0.4, -0.2) is 5.78 Å². The highest BCUT2D eigenvalue weighted by Gasteiger charge is 2.18. The zero-order valence-electron chi connectivity index (χ0n) is 9.88. The minimum atomic E-state index is -0.493. The summed E-state index contributed by atoms with van der Waals surface area (Å²) >= 11 is 4.85. The van der Waals surface area contributed by atoms with Crippen LogP contribution >= 0.6 is 27.3 Å². The first-order valence-electron chi connectivity index (χ1n) is 5.26. The molecule has 0 fully saturated rings. The number of thiophene rings is 1. The van der Waals surface area contributed by atoms with Gasteiger partial charge in [-0.25, -0.2) is 4.39 Å². The summed E-state index contributed by atoms with van der Waals surface area (Å²) in [4.78, 5) is 13.3. The lowest BCUT2D eigenvalue weighted by Crippen LogP contribution is -2.06. The standard InChI is InChI=1S/C13H11BrFNOS/c1-6-3-10(15)11(16)4-8(6)13(17)9-5-12(14)18-7(9)2/h3-5H,16H2,1-2H3. The molecule has 2 nitrogen and oxygen atoms in total. The number of aryl methyl sites for hydroxylation is 2. The summed E-state index contributed by atoms with van der Waals surface area (Å²) in [6.45, 7) is 3.58. The summed E-state index contributed by atoms with van der Waals surface area (Å²) in [5.74, 6) is -0.620. The maximum atomic E-state index is 13.3. The molecular weight excluding hydrogens is 317 g/mol. The summed E-state index contributed by atoms with van der Waals surface area (Å²) in [5.41, 5.74) is 7.17. The topological polar surface area (TPSA) is 43.1 Å². The molecule has 5 heteroatoms. The van der Waals surface area contributed by atoms with E-state index in [-0.39, 0.29) is 11.5 Å². The van der Waals surface area contributed by atoms with Crippen LogP contribution in [0.2, 0.25) is 0 Å². The molecule has 18 heavy (non-hydrogen) atoms. The smallest absolute Gasteiger partial charge is 0.194 e. The number of nitrogen functional groups attached to an aromatic ring is 1. The quantitative estimate of drug-likeness (QED) is 0.667. The minimum absolute atomic E-state index is 0.00380. The van der Waals surface area contributed by atoms with E-state index in [0.717, 1.165) is 8.66 Å². The van der Waals surface area contributed by atoms with Crippen molar-refractivity contribution in [3.8, 4) is 0 Å². The molecule has 0 aliphatic heterocycles. The van der Waals surface area contributed by atoms with Crippen molar-refractivity contribution in [1.29, 1.82) is 0 Å². The Morgan fingerprint density at radius 1 is 1.28 bits per heavy atom. The third kappa shape index (κ3) is 2.33. The number of hydrogen-bond acceptors (Lipinski definition) is 3. The predicted molar refractivity (Wildman–Crippen MR) is 75.7 cm³/mol. The van der Waals surface area contributed by atoms with Crippen LogP contribution in [0.1, 0.15) is 26.4 Å². The maximum absolute atomic E-state index is 13.3. The highest BCUT2D eigenvalue weighted by Crippen LogP contribution is 2.29. The highest BCUT2D eigenvalue weighted by atomic mass is 79.9. The molecule has 2 rings (SSSR count). The van der Waals surface area contributed by atoms with Gasteiger partial charge in [-0.1, -0.05) is 0 Å². The van der Waals surface area contributed by atoms with E-state index in [0.29, 0.717) is 16.7 Å². The van der Waals surface area contributed by atoms with Crippen LogP contribution < -0.4 is 5.73 Å². The van der Waals surface area contributed by atoms with Crippen molar-refractivity contribution in [3.05, 3.63) is 49.4 Å². The average Bonchev–Trinajstić information content (AvgIpc) is 2.62. The number of ketones is 1. The molecule has 0 unspecified atom stereocenters. The Morgan fingerprint density at radius 3 is 2.50 bits per heavy atom. The van der Waals surface area contributed by atoms with Crippen LogP contribution in [0.3, 0.4) is 0 Å². The van der Waals surface area contributed by atoms with E-state index in [1.54, 1.807) is 13.0 Å². The number of halogens is 2. The molecule has 0 spiro atoms. The van der Waals surface area contributed by atoms with Gasteiger partial charge in [-0.15, -0.1) is 11.3 Å². The third-order valence-electron chi connectivity index (χ3n) is 2.72. The molecule has 0 bridgehead atoms. The molecule has 0 aliphatic carbocycles. The fourth-order valence-electron chi connectivity index (χ4n) is 1.75. The summed E-state index contributed by atoms with van der Waals surface area (Å²) in [6, 6.07) is 4.47. The van der Waals surface area contributed by atoms with E-state index in [1.165, 1.54) is 23.5 Å². The lowest BCUT2D eigenvalue weighted by Gasteiger charge is -2.07. The van der Waals surface area contributed by atoms with Crippen LogP contribution in [0.15, 0.2) is 22.0 Å². The molecule has 2 N–H and O–H groups in total. The summed E-state index contributed by atoms with van der Waals surface area (Å²) in [6.07, 6.45) is 0. The summed E-state index contributed by atoms with van der Waals surface area (Å²) < 4.78 is 14.2. The number of anilines is 1. The van der Waals surface area contributed by atoms with Crippen LogP contribution in [0.4, 0.5) is 10.1 Å². The summed E-state index contributed by atoms with van der Waals surface area (Å²) in [7, 11) is 0. The van der Waals surface area contributed by atoms with Gasteiger partial charge in [0.15, 0.2) is 5.78 Å². The largest absolute Gasteiger partial charge is 0.396 e. The first kappa shape index (κ1) is 13.2. The maximum Gasteiger partial charge on any atom is 0.194 e. The van der Waals surface area contributed by atoms with Gasteiger partial charge in [-0.2, -0.15) is 0 Å². The van der Waals surface area contributed by atoms with Gasteiger partial charge in [0.2, 0.25) is 0 Å². The average molecular weight is 328 g/mol. The zero-order chi connectivity index (χ0) is 13.4. The van der Waals surface area contributed by atoms with Gasteiger partial charge in [0.05, 0.1) is 9.47 Å². The second-order valence-corrected chi connectivity index (χ2v) is 6.67. The molecule has 0 saturated carbocycles. The van der Waals surface area contributed by atoms with Gasteiger partial charge < -0.3 is 5.73 Å². The number of benzene rings is 1. The number of rotatable bonds is 2. The molecule has 1 aromatic carbocycles. The predicted octanol–water partition coefficient (Wildman–Crippen LogP) is 4.08. The molecule has 0 amide bonds. The SMILES string of the molecule is Cc1cc(F)c(N)cc1C(=O)c1cc(Br)sc1C. The van der Waals surface area contributed by atoms with Gasteiger partial charge in [-0.3, -0.25) is 4.79 Å². The fourth-order valence-corrected chi connectivity index (χ4v) is 3.44. The molecule has 0 saturated heterocycles. The Balaban J connectivity index is 2.53. The summed E-state index contributed by atoms with van der Waals surface area (Å²) in [5, 5.41) is 0. The van der Waals surface area contributed by atoms with E-state index in [9.17, 15) is 9.18 Å². The molecule has 94 valence electrons. The molecular formula is C13H11BrFNOS. The van der Waals surface area contributed by atoms with Crippen molar-refractivity contribution >= 4 is 38.7 Å².